The van der Waals surface area contributed by atoms with Crippen LogP contribution in [-0.4, -0.2) is 23.6 Å². The number of anilines is 1. The Morgan fingerprint density at radius 1 is 1.17 bits per heavy atom. The molecule has 0 atom stereocenters. The van der Waals surface area contributed by atoms with Gasteiger partial charge in [-0.3, -0.25) is 9.59 Å². The molecule has 0 fully saturated rings. The normalized spacial score (nSPS) is 10.3. The van der Waals surface area contributed by atoms with Crippen molar-refractivity contribution in [2.24, 2.45) is 0 Å². The van der Waals surface area contributed by atoms with Crippen molar-refractivity contribution in [1.29, 1.82) is 0 Å². The van der Waals surface area contributed by atoms with Crippen molar-refractivity contribution in [1.82, 2.24) is 0 Å². The summed E-state index contributed by atoms with van der Waals surface area (Å²) in [4.78, 5) is 22.6. The summed E-state index contributed by atoms with van der Waals surface area (Å²) in [6.07, 6.45) is -0.0638. The third-order valence-corrected chi connectivity index (χ3v) is 3.63. The number of carbonyl (C=O) groups is 2. The number of hydrogen-bond acceptors (Lipinski definition) is 3. The fraction of sp³-hybridized carbons (Fsp3) is 0.176. The predicted molar refractivity (Wildman–Crippen MR) is 93.1 cm³/mol. The maximum absolute atomic E-state index is 11.9. The van der Waals surface area contributed by atoms with Crippen LogP contribution in [0.5, 0.6) is 5.75 Å². The van der Waals surface area contributed by atoms with Crippen molar-refractivity contribution in [2.45, 2.75) is 13.3 Å². The van der Waals surface area contributed by atoms with E-state index in [4.69, 9.17) is 33.0 Å². The largest absolute Gasteiger partial charge is 0.482 e. The summed E-state index contributed by atoms with van der Waals surface area (Å²) in [6, 6.07) is 9.80. The van der Waals surface area contributed by atoms with Crippen LogP contribution < -0.4 is 10.1 Å². The predicted octanol–water partition coefficient (Wildman–Crippen LogP) is 3.95. The Morgan fingerprint density at radius 2 is 1.83 bits per heavy atom. The molecule has 1 amide bonds. The maximum Gasteiger partial charge on any atom is 0.307 e. The fourth-order valence-electron chi connectivity index (χ4n) is 2.09. The molecule has 0 radical (unpaired) electrons. The quantitative estimate of drug-likeness (QED) is 0.810. The number of nitrogens with one attached hydrogen (secondary N) is 1. The molecule has 0 aromatic heterocycles. The first-order valence-corrected chi connectivity index (χ1v) is 7.80. The highest BCUT2D eigenvalue weighted by Crippen LogP contribution is 2.31. The lowest BCUT2D eigenvalue weighted by Crippen LogP contribution is -2.20. The molecule has 2 N–H and O–H groups in total. The van der Waals surface area contributed by atoms with E-state index in [0.717, 1.165) is 5.56 Å². The zero-order valence-electron chi connectivity index (χ0n) is 12.8. The van der Waals surface area contributed by atoms with Crippen LogP contribution in [0.1, 0.15) is 11.1 Å². The third-order valence-electron chi connectivity index (χ3n) is 3.13. The van der Waals surface area contributed by atoms with E-state index in [0.29, 0.717) is 27.0 Å². The van der Waals surface area contributed by atoms with E-state index in [1.165, 1.54) is 0 Å². The lowest BCUT2D eigenvalue weighted by molar-refractivity contribution is -0.136. The molecular formula is C17H15Cl2NO4. The summed E-state index contributed by atoms with van der Waals surface area (Å²) < 4.78 is 5.45. The zero-order chi connectivity index (χ0) is 17.7. The number of benzene rings is 2. The van der Waals surface area contributed by atoms with Crippen LogP contribution in [0.25, 0.3) is 0 Å². The zero-order valence-corrected chi connectivity index (χ0v) is 14.3. The lowest BCUT2D eigenvalue weighted by atomic mass is 10.1. The summed E-state index contributed by atoms with van der Waals surface area (Å²) in [5.74, 6) is -0.852. The number of amides is 1. The van der Waals surface area contributed by atoms with Gasteiger partial charge < -0.3 is 15.2 Å². The highest BCUT2D eigenvalue weighted by Gasteiger charge is 2.10. The average Bonchev–Trinajstić information content (AvgIpc) is 2.47. The first kappa shape index (κ1) is 18.1. The second kappa shape index (κ2) is 8.04. The Morgan fingerprint density at radius 3 is 2.42 bits per heavy atom. The molecule has 0 saturated heterocycles. The van der Waals surface area contributed by atoms with Gasteiger partial charge in [0.25, 0.3) is 5.91 Å². The Labute approximate surface area is 149 Å². The summed E-state index contributed by atoms with van der Waals surface area (Å²) >= 11 is 11.9. The Kier molecular flexibility index (Phi) is 6.06. The molecule has 0 heterocycles. The highest BCUT2D eigenvalue weighted by molar-refractivity contribution is 6.35. The number of ether oxygens (including phenoxy) is 1. The Bertz CT molecular complexity index is 737. The molecular weight excluding hydrogens is 353 g/mol. The molecule has 0 bridgehead atoms. The van der Waals surface area contributed by atoms with Crippen LogP contribution in [-0.2, 0) is 16.0 Å². The molecule has 2 rings (SSSR count). The number of carboxylic acids is 1. The second-order valence-electron chi connectivity index (χ2n) is 5.14. The second-order valence-corrected chi connectivity index (χ2v) is 5.98. The van der Waals surface area contributed by atoms with Gasteiger partial charge in [-0.15, -0.1) is 0 Å². The van der Waals surface area contributed by atoms with Crippen molar-refractivity contribution >= 4 is 40.8 Å². The minimum atomic E-state index is -0.907. The standard InChI is InChI=1S/C17H15Cl2NO4/c1-10-6-12(18)8-14(19)17(10)24-9-15(21)20-13-4-2-11(3-5-13)7-16(22)23/h2-6,8H,7,9H2,1H3,(H,20,21)(H,22,23). The molecule has 0 aliphatic carbocycles. The first-order chi connectivity index (χ1) is 11.3. The van der Waals surface area contributed by atoms with Crippen LogP contribution in [0.15, 0.2) is 36.4 Å². The summed E-state index contributed by atoms with van der Waals surface area (Å²) in [7, 11) is 0. The van der Waals surface area contributed by atoms with Gasteiger partial charge in [-0.2, -0.15) is 0 Å². The summed E-state index contributed by atoms with van der Waals surface area (Å²) in [5, 5.41) is 12.2. The van der Waals surface area contributed by atoms with Crippen LogP contribution in [0.4, 0.5) is 5.69 Å². The van der Waals surface area contributed by atoms with Crippen LogP contribution in [0.3, 0.4) is 0 Å². The van der Waals surface area contributed by atoms with Crippen molar-refractivity contribution < 1.29 is 19.4 Å². The van der Waals surface area contributed by atoms with Gasteiger partial charge in [0.2, 0.25) is 0 Å². The smallest absolute Gasteiger partial charge is 0.307 e. The van der Waals surface area contributed by atoms with Crippen LogP contribution in [0.2, 0.25) is 10.0 Å². The van der Waals surface area contributed by atoms with Crippen molar-refractivity contribution in [3.8, 4) is 5.75 Å². The van der Waals surface area contributed by atoms with Gasteiger partial charge in [-0.1, -0.05) is 35.3 Å². The van der Waals surface area contributed by atoms with Gasteiger partial charge in [0.1, 0.15) is 5.75 Å². The monoisotopic (exact) mass is 367 g/mol. The molecule has 5 nitrogen and oxygen atoms in total. The van der Waals surface area contributed by atoms with Crippen molar-refractivity contribution in [2.75, 3.05) is 11.9 Å². The fourth-order valence-corrected chi connectivity index (χ4v) is 2.74. The molecule has 0 saturated carbocycles. The third kappa shape index (κ3) is 5.15. The molecule has 7 heteroatoms. The van der Waals surface area contributed by atoms with Gasteiger partial charge in [-0.05, 0) is 42.3 Å². The molecule has 0 aliphatic heterocycles. The minimum Gasteiger partial charge on any atom is -0.482 e. The SMILES string of the molecule is Cc1cc(Cl)cc(Cl)c1OCC(=O)Nc1ccc(CC(=O)O)cc1. The molecule has 0 aliphatic rings. The number of carboxylic acid groups (broad SMARTS) is 1. The van der Waals surface area contributed by atoms with E-state index in [1.54, 1.807) is 43.3 Å². The Balaban J connectivity index is 1.93. The maximum atomic E-state index is 11.9. The number of rotatable bonds is 6. The number of aliphatic carboxylic acids is 1. The molecule has 0 spiro atoms. The van der Waals surface area contributed by atoms with E-state index in [1.807, 2.05) is 0 Å². The minimum absolute atomic E-state index is 0.0638. The average molecular weight is 368 g/mol. The van der Waals surface area contributed by atoms with Gasteiger partial charge in [0.15, 0.2) is 6.61 Å². The molecule has 2 aromatic rings. The van der Waals surface area contributed by atoms with E-state index in [-0.39, 0.29) is 18.9 Å². The Hall–Kier alpha value is -2.24. The van der Waals surface area contributed by atoms with E-state index < -0.39 is 5.97 Å². The van der Waals surface area contributed by atoms with Crippen molar-refractivity contribution in [3.05, 3.63) is 57.6 Å². The van der Waals surface area contributed by atoms with Crippen molar-refractivity contribution in [3.63, 3.8) is 0 Å². The van der Waals surface area contributed by atoms with Crippen LogP contribution >= 0.6 is 23.2 Å². The highest BCUT2D eigenvalue weighted by atomic mass is 35.5. The van der Waals surface area contributed by atoms with E-state index in [2.05, 4.69) is 5.32 Å². The van der Waals surface area contributed by atoms with E-state index >= 15 is 0 Å². The van der Waals surface area contributed by atoms with Gasteiger partial charge in [-0.25, -0.2) is 0 Å². The topological polar surface area (TPSA) is 75.6 Å². The molecule has 2 aromatic carbocycles. The number of halogens is 2. The van der Waals surface area contributed by atoms with Crippen LogP contribution in [0, 0.1) is 6.92 Å². The number of hydrogen-bond donors (Lipinski definition) is 2. The van der Waals surface area contributed by atoms with Gasteiger partial charge >= 0.3 is 5.97 Å². The van der Waals surface area contributed by atoms with Gasteiger partial charge in [0, 0.05) is 10.7 Å². The number of carbonyl (C=O) groups excluding carboxylic acids is 1. The molecule has 126 valence electrons. The number of aryl methyl sites for hydroxylation is 1. The summed E-state index contributed by atoms with van der Waals surface area (Å²) in [5.41, 5.74) is 1.94. The molecule has 0 unspecified atom stereocenters. The summed E-state index contributed by atoms with van der Waals surface area (Å²) in [6.45, 7) is 1.57. The van der Waals surface area contributed by atoms with E-state index in [9.17, 15) is 9.59 Å². The van der Waals surface area contributed by atoms with Gasteiger partial charge in [0.05, 0.1) is 11.4 Å². The lowest BCUT2D eigenvalue weighted by Gasteiger charge is -2.12. The molecule has 24 heavy (non-hydrogen) atoms. The first-order valence-electron chi connectivity index (χ1n) is 7.04.